The zero-order valence-corrected chi connectivity index (χ0v) is 15.2. The predicted octanol–water partition coefficient (Wildman–Crippen LogP) is 1.41. The average molecular weight is 355 g/mol. The van der Waals surface area contributed by atoms with E-state index in [0.29, 0.717) is 18.7 Å². The fourth-order valence-electron chi connectivity index (χ4n) is 3.40. The van der Waals surface area contributed by atoms with Gasteiger partial charge in [0.05, 0.1) is 17.7 Å². The SMILES string of the molecule is CCCC1(COC)CCCN1C(=O)c1ccc(S(=O)(=O)NC)nc1. The molecule has 1 aromatic heterocycles. The van der Waals surface area contributed by atoms with Gasteiger partial charge in [0.2, 0.25) is 0 Å². The quantitative estimate of drug-likeness (QED) is 0.799. The first-order valence-corrected chi connectivity index (χ1v) is 9.59. The minimum Gasteiger partial charge on any atom is -0.382 e. The molecule has 7 nitrogen and oxygen atoms in total. The lowest BCUT2D eigenvalue weighted by Gasteiger charge is -2.38. The molecule has 2 rings (SSSR count). The second kappa shape index (κ2) is 7.58. The molecule has 0 radical (unpaired) electrons. The molecule has 0 saturated carbocycles. The van der Waals surface area contributed by atoms with Crippen LogP contribution in [0.4, 0.5) is 0 Å². The molecule has 0 aliphatic carbocycles. The van der Waals surface area contributed by atoms with Crippen LogP contribution < -0.4 is 4.72 Å². The smallest absolute Gasteiger partial charge is 0.257 e. The summed E-state index contributed by atoms with van der Waals surface area (Å²) in [5.74, 6) is -0.126. The molecule has 8 heteroatoms. The van der Waals surface area contributed by atoms with Crippen molar-refractivity contribution in [3.63, 3.8) is 0 Å². The highest BCUT2D eigenvalue weighted by molar-refractivity contribution is 7.89. The molecular weight excluding hydrogens is 330 g/mol. The molecular formula is C16H25N3O4S. The summed E-state index contributed by atoms with van der Waals surface area (Å²) in [7, 11) is -0.632. The summed E-state index contributed by atoms with van der Waals surface area (Å²) in [5.41, 5.74) is 0.111. The van der Waals surface area contributed by atoms with Crippen LogP contribution in [0.15, 0.2) is 23.4 Å². The van der Waals surface area contributed by atoms with Gasteiger partial charge in [-0.1, -0.05) is 13.3 Å². The zero-order chi connectivity index (χ0) is 17.8. The number of nitrogens with one attached hydrogen (secondary N) is 1. The van der Waals surface area contributed by atoms with Crippen molar-refractivity contribution in [2.75, 3.05) is 27.3 Å². The molecule has 0 spiro atoms. The molecule has 1 unspecified atom stereocenters. The van der Waals surface area contributed by atoms with Crippen molar-refractivity contribution < 1.29 is 17.9 Å². The van der Waals surface area contributed by atoms with E-state index in [9.17, 15) is 13.2 Å². The van der Waals surface area contributed by atoms with Crippen molar-refractivity contribution >= 4 is 15.9 Å². The molecule has 1 fully saturated rings. The number of nitrogens with zero attached hydrogens (tertiary/aromatic N) is 2. The van der Waals surface area contributed by atoms with E-state index in [1.54, 1.807) is 7.11 Å². The Kier molecular flexibility index (Phi) is 5.95. The maximum absolute atomic E-state index is 12.9. The lowest BCUT2D eigenvalue weighted by molar-refractivity contribution is 0.0254. The number of sulfonamides is 1. The van der Waals surface area contributed by atoms with Crippen LogP contribution in [0, 0.1) is 0 Å². The Morgan fingerprint density at radius 3 is 2.75 bits per heavy atom. The molecule has 1 N–H and O–H groups in total. The third kappa shape index (κ3) is 3.60. The average Bonchev–Trinajstić information content (AvgIpc) is 2.98. The first kappa shape index (κ1) is 18.8. The summed E-state index contributed by atoms with van der Waals surface area (Å²) >= 11 is 0. The van der Waals surface area contributed by atoms with Crippen molar-refractivity contribution in [1.82, 2.24) is 14.6 Å². The highest BCUT2D eigenvalue weighted by Crippen LogP contribution is 2.35. The number of rotatable bonds is 7. The maximum atomic E-state index is 12.9. The third-order valence-electron chi connectivity index (χ3n) is 4.50. The molecule has 1 atom stereocenters. The lowest BCUT2D eigenvalue weighted by Crippen LogP contribution is -2.50. The zero-order valence-electron chi connectivity index (χ0n) is 14.4. The van der Waals surface area contributed by atoms with Crippen LogP contribution in [0.5, 0.6) is 0 Å². The Morgan fingerprint density at radius 1 is 1.46 bits per heavy atom. The number of methoxy groups -OCH3 is 1. The highest BCUT2D eigenvalue weighted by atomic mass is 32.2. The maximum Gasteiger partial charge on any atom is 0.257 e. The molecule has 24 heavy (non-hydrogen) atoms. The molecule has 2 heterocycles. The van der Waals surface area contributed by atoms with E-state index in [2.05, 4.69) is 16.6 Å². The minimum absolute atomic E-state index is 0.0975. The molecule has 1 aromatic rings. The van der Waals surface area contributed by atoms with E-state index < -0.39 is 10.0 Å². The monoisotopic (exact) mass is 355 g/mol. The fraction of sp³-hybridized carbons (Fsp3) is 0.625. The van der Waals surface area contributed by atoms with Crippen molar-refractivity contribution in [2.45, 2.75) is 43.2 Å². The van der Waals surface area contributed by atoms with Crippen LogP contribution >= 0.6 is 0 Å². The molecule has 1 aliphatic heterocycles. The summed E-state index contributed by atoms with van der Waals surface area (Å²) in [4.78, 5) is 18.7. The van der Waals surface area contributed by atoms with Crippen molar-refractivity contribution in [1.29, 1.82) is 0 Å². The summed E-state index contributed by atoms with van der Waals surface area (Å²) < 4.78 is 31.0. The van der Waals surface area contributed by atoms with Gasteiger partial charge in [-0.25, -0.2) is 18.1 Å². The molecule has 0 aromatic carbocycles. The Labute approximate surface area is 143 Å². The fourth-order valence-corrected chi connectivity index (χ4v) is 4.05. The van der Waals surface area contributed by atoms with Gasteiger partial charge in [-0.05, 0) is 38.4 Å². The predicted molar refractivity (Wildman–Crippen MR) is 90.3 cm³/mol. The van der Waals surface area contributed by atoms with Crippen LogP contribution in [0.25, 0.3) is 0 Å². The van der Waals surface area contributed by atoms with Crippen LogP contribution in [-0.2, 0) is 14.8 Å². The van der Waals surface area contributed by atoms with E-state index in [-0.39, 0.29) is 16.5 Å². The number of aromatic nitrogens is 1. The third-order valence-corrected chi connectivity index (χ3v) is 5.83. The van der Waals surface area contributed by atoms with Crippen LogP contribution in [0.1, 0.15) is 43.0 Å². The minimum atomic E-state index is -3.61. The summed E-state index contributed by atoms with van der Waals surface area (Å²) in [6.45, 7) is 3.28. The van der Waals surface area contributed by atoms with Gasteiger partial charge in [0.1, 0.15) is 0 Å². The lowest BCUT2D eigenvalue weighted by atomic mass is 9.91. The normalized spacial score (nSPS) is 21.2. The summed E-state index contributed by atoms with van der Waals surface area (Å²) in [6, 6.07) is 2.87. The largest absolute Gasteiger partial charge is 0.382 e. The number of hydrogen-bond acceptors (Lipinski definition) is 5. The van der Waals surface area contributed by atoms with E-state index in [1.165, 1.54) is 25.4 Å². The Balaban J connectivity index is 2.27. The molecule has 1 saturated heterocycles. The second-order valence-electron chi connectivity index (χ2n) is 6.06. The molecule has 0 bridgehead atoms. The Morgan fingerprint density at radius 2 is 2.21 bits per heavy atom. The topological polar surface area (TPSA) is 88.6 Å². The number of likely N-dealkylation sites (tertiary alicyclic amines) is 1. The molecule has 1 amide bonds. The Bertz CT molecular complexity index is 667. The molecule has 134 valence electrons. The van der Waals surface area contributed by atoms with Crippen LogP contribution in [0.2, 0.25) is 0 Å². The number of hydrogen-bond donors (Lipinski definition) is 1. The van der Waals surface area contributed by atoms with E-state index in [4.69, 9.17) is 4.74 Å². The summed E-state index contributed by atoms with van der Waals surface area (Å²) in [5, 5.41) is -0.0975. The standard InChI is InChI=1S/C16H25N3O4S/c1-4-8-16(12-23-3)9-5-10-19(16)15(20)13-6-7-14(18-11-13)24(21,22)17-2/h6-7,11,17H,4-5,8-10,12H2,1-3H3. The van der Waals surface area contributed by atoms with Gasteiger partial charge in [0, 0.05) is 19.9 Å². The van der Waals surface area contributed by atoms with Crippen molar-refractivity contribution in [2.24, 2.45) is 0 Å². The highest BCUT2D eigenvalue weighted by Gasteiger charge is 2.43. The number of amides is 1. The first-order valence-electron chi connectivity index (χ1n) is 8.11. The van der Waals surface area contributed by atoms with E-state index in [1.807, 2.05) is 4.90 Å². The van der Waals surface area contributed by atoms with Gasteiger partial charge in [-0.3, -0.25) is 4.79 Å². The second-order valence-corrected chi connectivity index (χ2v) is 7.89. The van der Waals surface area contributed by atoms with E-state index >= 15 is 0 Å². The van der Waals surface area contributed by atoms with E-state index in [0.717, 1.165) is 25.7 Å². The Hall–Kier alpha value is -1.51. The van der Waals surface area contributed by atoms with Gasteiger partial charge < -0.3 is 9.64 Å². The number of carbonyl (C=O) groups is 1. The van der Waals surface area contributed by atoms with Gasteiger partial charge in [-0.2, -0.15) is 0 Å². The van der Waals surface area contributed by atoms with Crippen LogP contribution in [-0.4, -0.2) is 57.1 Å². The van der Waals surface area contributed by atoms with Crippen LogP contribution in [0.3, 0.4) is 0 Å². The van der Waals surface area contributed by atoms with Crippen molar-refractivity contribution in [3.8, 4) is 0 Å². The number of carbonyl (C=O) groups excluding carboxylic acids is 1. The number of ether oxygens (including phenoxy) is 1. The van der Waals surface area contributed by atoms with Crippen molar-refractivity contribution in [3.05, 3.63) is 23.9 Å². The number of pyridine rings is 1. The first-order chi connectivity index (χ1) is 11.4. The van der Waals surface area contributed by atoms with Gasteiger partial charge >= 0.3 is 0 Å². The van der Waals surface area contributed by atoms with Gasteiger partial charge in [-0.15, -0.1) is 0 Å². The summed E-state index contributed by atoms with van der Waals surface area (Å²) in [6.07, 6.45) is 5.03. The van der Waals surface area contributed by atoms with Gasteiger partial charge in [0.25, 0.3) is 15.9 Å². The van der Waals surface area contributed by atoms with Gasteiger partial charge in [0.15, 0.2) is 5.03 Å². The molecule has 1 aliphatic rings.